The highest BCUT2D eigenvalue weighted by Gasteiger charge is 2.16. The molecular formula is C22H22N6O. The third-order valence-corrected chi connectivity index (χ3v) is 4.24. The number of rotatable bonds is 6. The molecule has 0 radical (unpaired) electrons. The van der Waals surface area contributed by atoms with Gasteiger partial charge in [0.15, 0.2) is 5.82 Å². The molecule has 0 saturated heterocycles. The molecule has 146 valence electrons. The third kappa shape index (κ3) is 4.30. The molecule has 0 fully saturated rings. The maximum Gasteiger partial charge on any atom is 0.153 e. The van der Waals surface area contributed by atoms with Gasteiger partial charge in [0.25, 0.3) is 0 Å². The number of nitrogens with one attached hydrogen (secondary N) is 1. The number of aliphatic imine (C=N–C) groups is 1. The van der Waals surface area contributed by atoms with Crippen molar-refractivity contribution < 1.29 is 6.16 Å². The minimum Gasteiger partial charge on any atom is -0.486 e. The van der Waals surface area contributed by atoms with E-state index in [1.807, 2.05) is 61.5 Å². The fourth-order valence-corrected chi connectivity index (χ4v) is 2.91. The number of aromatic amines is 1. The number of nitrogens with zero attached hydrogens (tertiary/aromatic N) is 4. The Balaban J connectivity index is 0.00000256. The molecule has 0 aliphatic carbocycles. The number of ether oxygens (including phenoxy) is 1. The lowest BCUT2D eigenvalue weighted by Crippen LogP contribution is -1.97. The van der Waals surface area contributed by atoms with E-state index >= 15 is 0 Å². The van der Waals surface area contributed by atoms with Crippen molar-refractivity contribution in [3.63, 3.8) is 0 Å². The van der Waals surface area contributed by atoms with Crippen LogP contribution in [0.5, 0.6) is 5.75 Å². The molecule has 7 nitrogen and oxygen atoms in total. The van der Waals surface area contributed by atoms with Crippen molar-refractivity contribution in [2.45, 2.75) is 13.5 Å². The Morgan fingerprint density at radius 3 is 2.66 bits per heavy atom. The summed E-state index contributed by atoms with van der Waals surface area (Å²) < 4.78 is 5.84. The minimum atomic E-state index is 0. The molecule has 0 unspecified atom stereocenters. The number of aromatic nitrogens is 4. The van der Waals surface area contributed by atoms with Crippen molar-refractivity contribution in [2.24, 2.45) is 10.7 Å². The fourth-order valence-electron chi connectivity index (χ4n) is 2.91. The first-order chi connectivity index (χ1) is 14.2. The van der Waals surface area contributed by atoms with Crippen molar-refractivity contribution >= 4 is 12.2 Å². The lowest BCUT2D eigenvalue weighted by atomic mass is 10.1. The summed E-state index contributed by atoms with van der Waals surface area (Å²) in [5.41, 5.74) is 9.49. The molecule has 0 atom stereocenters. The van der Waals surface area contributed by atoms with Gasteiger partial charge in [0, 0.05) is 18.9 Å². The Bertz CT molecular complexity index is 1130. The number of imidazole rings is 1. The molecule has 4 aromatic rings. The lowest BCUT2D eigenvalue weighted by molar-refractivity contribution is 0.297. The summed E-state index contributed by atoms with van der Waals surface area (Å²) in [5, 5.41) is 0. The molecule has 0 aliphatic heterocycles. The SMILES string of the molecule is Cc1cccc(-c2[nH]c(COc3ccccc3)nc2-c2ccc(N=CN)nc2)n1.[HH]. The zero-order chi connectivity index (χ0) is 20.1. The molecule has 7 heteroatoms. The molecule has 0 saturated carbocycles. The highest BCUT2D eigenvalue weighted by atomic mass is 16.5. The average molecular weight is 386 g/mol. The van der Waals surface area contributed by atoms with Gasteiger partial charge < -0.3 is 15.5 Å². The molecule has 3 aromatic heterocycles. The van der Waals surface area contributed by atoms with Gasteiger partial charge in [-0.2, -0.15) is 0 Å². The van der Waals surface area contributed by atoms with Gasteiger partial charge >= 0.3 is 0 Å². The molecule has 3 N–H and O–H groups in total. The molecule has 29 heavy (non-hydrogen) atoms. The molecular weight excluding hydrogens is 364 g/mol. The second kappa shape index (κ2) is 8.35. The quantitative estimate of drug-likeness (QED) is 0.380. The highest BCUT2D eigenvalue weighted by molar-refractivity contribution is 5.76. The van der Waals surface area contributed by atoms with Crippen LogP contribution in [0.15, 0.2) is 71.9 Å². The van der Waals surface area contributed by atoms with Gasteiger partial charge in [0.1, 0.15) is 18.2 Å². The molecule has 1 aromatic carbocycles. The Morgan fingerprint density at radius 2 is 1.93 bits per heavy atom. The van der Waals surface area contributed by atoms with Gasteiger partial charge in [0.2, 0.25) is 0 Å². The molecule has 0 bridgehead atoms. The summed E-state index contributed by atoms with van der Waals surface area (Å²) >= 11 is 0. The van der Waals surface area contributed by atoms with Gasteiger partial charge in [0.05, 0.1) is 23.4 Å². The zero-order valence-electron chi connectivity index (χ0n) is 15.9. The van der Waals surface area contributed by atoms with Crippen LogP contribution < -0.4 is 10.5 Å². The van der Waals surface area contributed by atoms with Crippen LogP contribution in [0.25, 0.3) is 22.6 Å². The van der Waals surface area contributed by atoms with E-state index in [-0.39, 0.29) is 1.43 Å². The van der Waals surface area contributed by atoms with E-state index in [2.05, 4.69) is 19.9 Å². The van der Waals surface area contributed by atoms with Crippen molar-refractivity contribution in [2.75, 3.05) is 0 Å². The smallest absolute Gasteiger partial charge is 0.153 e. The zero-order valence-corrected chi connectivity index (χ0v) is 15.9. The Morgan fingerprint density at radius 1 is 1.07 bits per heavy atom. The number of hydrogen-bond acceptors (Lipinski definition) is 5. The summed E-state index contributed by atoms with van der Waals surface area (Å²) in [4.78, 5) is 21.0. The lowest BCUT2D eigenvalue weighted by Gasteiger charge is -2.03. The van der Waals surface area contributed by atoms with Crippen molar-refractivity contribution in [3.8, 4) is 28.4 Å². The van der Waals surface area contributed by atoms with Crippen molar-refractivity contribution in [1.29, 1.82) is 0 Å². The van der Waals surface area contributed by atoms with Gasteiger partial charge in [-0.05, 0) is 43.3 Å². The average Bonchev–Trinajstić information content (AvgIpc) is 3.18. The van der Waals surface area contributed by atoms with Crippen LogP contribution in [-0.4, -0.2) is 26.3 Å². The number of pyridine rings is 2. The molecule has 3 heterocycles. The van der Waals surface area contributed by atoms with Crippen LogP contribution in [0.4, 0.5) is 5.82 Å². The second-order valence-electron chi connectivity index (χ2n) is 6.36. The molecule has 0 spiro atoms. The van der Waals surface area contributed by atoms with E-state index in [0.717, 1.165) is 34.1 Å². The first-order valence-corrected chi connectivity index (χ1v) is 9.14. The summed E-state index contributed by atoms with van der Waals surface area (Å²) in [6, 6.07) is 19.2. The highest BCUT2D eigenvalue weighted by Crippen LogP contribution is 2.30. The van der Waals surface area contributed by atoms with E-state index in [0.29, 0.717) is 18.2 Å². The second-order valence-corrected chi connectivity index (χ2v) is 6.36. The van der Waals surface area contributed by atoms with Crippen LogP contribution >= 0.6 is 0 Å². The van der Waals surface area contributed by atoms with Gasteiger partial charge in [-0.3, -0.25) is 4.98 Å². The monoisotopic (exact) mass is 386 g/mol. The maximum atomic E-state index is 5.84. The largest absolute Gasteiger partial charge is 0.486 e. The van der Waals surface area contributed by atoms with Crippen LogP contribution in [-0.2, 0) is 6.61 Å². The number of H-pyrrole nitrogens is 1. The molecule has 4 rings (SSSR count). The van der Waals surface area contributed by atoms with Gasteiger partial charge in [-0.1, -0.05) is 24.3 Å². The maximum absolute atomic E-state index is 5.84. The Labute approximate surface area is 169 Å². The number of benzene rings is 1. The summed E-state index contributed by atoms with van der Waals surface area (Å²) in [5.74, 6) is 2.02. The van der Waals surface area contributed by atoms with Crippen LogP contribution in [0.3, 0.4) is 0 Å². The first kappa shape index (κ1) is 18.4. The number of nitrogens with two attached hydrogens (primary N) is 1. The van der Waals surface area contributed by atoms with Crippen LogP contribution in [0, 0.1) is 6.92 Å². The van der Waals surface area contributed by atoms with Crippen molar-refractivity contribution in [1.82, 2.24) is 19.9 Å². The number of aryl methyl sites for hydroxylation is 1. The van der Waals surface area contributed by atoms with Crippen LogP contribution in [0.1, 0.15) is 12.9 Å². The summed E-state index contributed by atoms with van der Waals surface area (Å²) in [6.07, 6.45) is 2.94. The Kier molecular flexibility index (Phi) is 5.29. The van der Waals surface area contributed by atoms with Crippen molar-refractivity contribution in [3.05, 3.63) is 78.4 Å². The summed E-state index contributed by atoms with van der Waals surface area (Å²) in [7, 11) is 0. The molecule has 0 aliphatic rings. The Hall–Kier alpha value is -4.00. The number of hydrogen-bond donors (Lipinski definition) is 2. The normalized spacial score (nSPS) is 11.1. The van der Waals surface area contributed by atoms with E-state index in [9.17, 15) is 0 Å². The summed E-state index contributed by atoms with van der Waals surface area (Å²) in [6.45, 7) is 2.27. The van der Waals surface area contributed by atoms with Crippen LogP contribution in [0.2, 0.25) is 0 Å². The predicted octanol–water partition coefficient (Wildman–Crippen LogP) is 4.29. The molecule has 0 amide bonds. The fraction of sp³-hybridized carbons (Fsp3) is 0.0909. The van der Waals surface area contributed by atoms with E-state index in [1.54, 1.807) is 12.3 Å². The first-order valence-electron chi connectivity index (χ1n) is 9.14. The van der Waals surface area contributed by atoms with E-state index in [4.69, 9.17) is 15.5 Å². The number of para-hydroxylation sites is 1. The van der Waals surface area contributed by atoms with E-state index in [1.165, 1.54) is 6.34 Å². The van der Waals surface area contributed by atoms with E-state index < -0.39 is 0 Å². The third-order valence-electron chi connectivity index (χ3n) is 4.24. The standard InChI is InChI=1S/C22H20N6O.H2/c1-15-6-5-9-18(26-15)22-21(16-10-11-19(24-12-16)25-14-23)27-20(28-22)13-29-17-7-3-2-4-8-17;/h2-12,14H,13H2,1H3,(H,27,28)(H2,23,24,25);1H. The van der Waals surface area contributed by atoms with Gasteiger partial charge in [-0.25, -0.2) is 15.0 Å². The predicted molar refractivity (Wildman–Crippen MR) is 115 cm³/mol. The minimum absolute atomic E-state index is 0. The van der Waals surface area contributed by atoms with Gasteiger partial charge in [-0.15, -0.1) is 0 Å². The topological polar surface area (TPSA) is 102 Å².